The van der Waals surface area contributed by atoms with E-state index in [0.29, 0.717) is 5.56 Å². The quantitative estimate of drug-likeness (QED) is 0.788. The third kappa shape index (κ3) is 1.70. The molecule has 0 aliphatic heterocycles. The van der Waals surface area contributed by atoms with Crippen molar-refractivity contribution in [2.75, 3.05) is 0 Å². The normalized spacial score (nSPS) is 9.44. The molecule has 0 aliphatic rings. The maximum Gasteiger partial charge on any atom is 0.137 e. The van der Waals surface area contributed by atoms with Crippen LogP contribution < -0.4 is 0 Å². The first-order valence-corrected chi connectivity index (χ1v) is 4.98. The minimum atomic E-state index is -0.368. The second-order valence-electron chi connectivity index (χ2n) is 3.51. The topological polar surface area (TPSA) is 101 Å². The number of nitriles is 2. The molecule has 0 amide bonds. The van der Waals surface area contributed by atoms with Crippen molar-refractivity contribution in [3.8, 4) is 34.8 Å². The van der Waals surface area contributed by atoms with E-state index in [2.05, 4.69) is 4.98 Å². The number of phenols is 2. The van der Waals surface area contributed by atoms with E-state index in [1.165, 1.54) is 6.20 Å². The highest BCUT2D eigenvalue weighted by Gasteiger charge is 2.19. The third-order valence-electron chi connectivity index (χ3n) is 2.46. The Bertz CT molecular complexity index is 644. The van der Waals surface area contributed by atoms with E-state index < -0.39 is 0 Å². The number of phenolic OH excluding ortho intramolecular Hbond substituents is 2. The Kier molecular flexibility index (Phi) is 2.82. The van der Waals surface area contributed by atoms with Crippen LogP contribution in [0.5, 0.6) is 11.5 Å². The largest absolute Gasteiger partial charge is 0.506 e. The zero-order valence-corrected chi connectivity index (χ0v) is 9.12. The third-order valence-corrected chi connectivity index (χ3v) is 2.46. The van der Waals surface area contributed by atoms with Gasteiger partial charge in [0.2, 0.25) is 0 Å². The lowest BCUT2D eigenvalue weighted by atomic mass is 9.95. The van der Waals surface area contributed by atoms with Crippen LogP contribution in [0.3, 0.4) is 0 Å². The van der Waals surface area contributed by atoms with E-state index in [-0.39, 0.29) is 28.2 Å². The van der Waals surface area contributed by atoms with Gasteiger partial charge in [-0.15, -0.1) is 0 Å². The van der Waals surface area contributed by atoms with Gasteiger partial charge in [0, 0.05) is 29.6 Å². The summed E-state index contributed by atoms with van der Waals surface area (Å²) in [6, 6.07) is 7.91. The van der Waals surface area contributed by atoms with Crippen LogP contribution in [0.25, 0.3) is 11.1 Å². The lowest BCUT2D eigenvalue weighted by Crippen LogP contribution is -1.92. The summed E-state index contributed by atoms with van der Waals surface area (Å²) in [6.07, 6.45) is 3.00. The summed E-state index contributed by atoms with van der Waals surface area (Å²) >= 11 is 0. The molecule has 0 spiro atoms. The van der Waals surface area contributed by atoms with Crippen molar-refractivity contribution in [3.05, 3.63) is 41.7 Å². The molecule has 1 aromatic heterocycles. The Balaban J connectivity index is 2.89. The van der Waals surface area contributed by atoms with Crippen LogP contribution in [0.15, 0.2) is 30.6 Å². The fraction of sp³-hybridized carbons (Fsp3) is 0. The van der Waals surface area contributed by atoms with Crippen molar-refractivity contribution in [1.29, 1.82) is 10.5 Å². The van der Waals surface area contributed by atoms with E-state index in [1.54, 1.807) is 18.3 Å². The number of aromatic hydroxyl groups is 2. The molecule has 2 aromatic rings. The maximum absolute atomic E-state index is 9.64. The molecule has 2 N–H and O–H groups in total. The van der Waals surface area contributed by atoms with Crippen molar-refractivity contribution in [3.63, 3.8) is 0 Å². The Morgan fingerprint density at radius 3 is 2.11 bits per heavy atom. The smallest absolute Gasteiger partial charge is 0.137 e. The molecule has 5 heteroatoms. The molecule has 0 saturated carbocycles. The van der Waals surface area contributed by atoms with Gasteiger partial charge in [0.25, 0.3) is 0 Å². The Labute approximate surface area is 103 Å². The minimum Gasteiger partial charge on any atom is -0.506 e. The molecule has 18 heavy (non-hydrogen) atoms. The van der Waals surface area contributed by atoms with Gasteiger partial charge in [-0.2, -0.15) is 10.5 Å². The van der Waals surface area contributed by atoms with Gasteiger partial charge in [0.05, 0.1) is 0 Å². The van der Waals surface area contributed by atoms with Gasteiger partial charge >= 0.3 is 0 Å². The molecule has 0 fully saturated rings. The van der Waals surface area contributed by atoms with Crippen molar-refractivity contribution in [1.82, 2.24) is 4.98 Å². The SMILES string of the molecule is N#Cc1c(O)cc(O)c(C#N)c1-c1cccnc1. The van der Waals surface area contributed by atoms with Gasteiger partial charge in [-0.1, -0.05) is 6.07 Å². The van der Waals surface area contributed by atoms with Crippen molar-refractivity contribution < 1.29 is 10.2 Å². The van der Waals surface area contributed by atoms with E-state index in [1.807, 2.05) is 12.1 Å². The first kappa shape index (κ1) is 11.4. The molecule has 1 heterocycles. The first-order valence-electron chi connectivity index (χ1n) is 4.98. The summed E-state index contributed by atoms with van der Waals surface area (Å²) in [5, 5.41) is 37.4. The predicted molar refractivity (Wildman–Crippen MR) is 62.4 cm³/mol. The number of hydrogen-bond acceptors (Lipinski definition) is 5. The van der Waals surface area contributed by atoms with Crippen LogP contribution in [0, 0.1) is 22.7 Å². The van der Waals surface area contributed by atoms with Crippen LogP contribution in [-0.4, -0.2) is 15.2 Å². The summed E-state index contributed by atoms with van der Waals surface area (Å²) in [4.78, 5) is 3.89. The average Bonchev–Trinajstić information content (AvgIpc) is 2.39. The average molecular weight is 237 g/mol. The minimum absolute atomic E-state index is 0.0580. The lowest BCUT2D eigenvalue weighted by Gasteiger charge is -2.09. The highest BCUT2D eigenvalue weighted by atomic mass is 16.3. The van der Waals surface area contributed by atoms with Crippen LogP contribution in [0.1, 0.15) is 11.1 Å². The van der Waals surface area contributed by atoms with E-state index in [4.69, 9.17) is 10.5 Å². The Hall–Kier alpha value is -3.05. The molecule has 0 bridgehead atoms. The second kappa shape index (κ2) is 4.44. The highest BCUT2D eigenvalue weighted by Crippen LogP contribution is 2.37. The number of rotatable bonds is 1. The van der Waals surface area contributed by atoms with Gasteiger partial charge in [-0.05, 0) is 6.07 Å². The fourth-order valence-corrected chi connectivity index (χ4v) is 1.68. The number of pyridine rings is 1. The van der Waals surface area contributed by atoms with Crippen molar-refractivity contribution in [2.45, 2.75) is 0 Å². The summed E-state index contributed by atoms with van der Waals surface area (Å²) in [6.45, 7) is 0. The molecule has 0 atom stereocenters. The van der Waals surface area contributed by atoms with Gasteiger partial charge in [0.1, 0.15) is 34.8 Å². The van der Waals surface area contributed by atoms with E-state index in [0.717, 1.165) is 6.07 Å². The molecule has 0 unspecified atom stereocenters. The fourth-order valence-electron chi connectivity index (χ4n) is 1.68. The maximum atomic E-state index is 9.64. The monoisotopic (exact) mass is 237 g/mol. The van der Waals surface area contributed by atoms with Crippen molar-refractivity contribution >= 4 is 0 Å². The van der Waals surface area contributed by atoms with Gasteiger partial charge < -0.3 is 10.2 Å². The van der Waals surface area contributed by atoms with Gasteiger partial charge in [-0.25, -0.2) is 0 Å². The number of aromatic nitrogens is 1. The predicted octanol–water partition coefficient (Wildman–Crippen LogP) is 1.90. The summed E-state index contributed by atoms with van der Waals surface area (Å²) in [5.41, 5.74) is 0.553. The molecule has 0 aliphatic carbocycles. The summed E-state index contributed by atoms with van der Waals surface area (Å²) < 4.78 is 0. The molecule has 2 rings (SSSR count). The molecule has 0 radical (unpaired) electrons. The highest BCUT2D eigenvalue weighted by molar-refractivity contribution is 5.81. The Morgan fingerprint density at radius 2 is 1.67 bits per heavy atom. The number of benzene rings is 1. The van der Waals surface area contributed by atoms with Gasteiger partial charge in [0.15, 0.2) is 0 Å². The molecule has 1 aromatic carbocycles. The van der Waals surface area contributed by atoms with Crippen LogP contribution in [-0.2, 0) is 0 Å². The molecule has 86 valence electrons. The molecular formula is C13H7N3O2. The summed E-state index contributed by atoms with van der Waals surface area (Å²) in [5.74, 6) is -0.735. The van der Waals surface area contributed by atoms with E-state index in [9.17, 15) is 10.2 Å². The standard InChI is InChI=1S/C13H7N3O2/c14-5-9-11(17)4-12(18)10(6-15)13(9)8-2-1-3-16-7-8/h1-4,7,17-18H. The summed E-state index contributed by atoms with van der Waals surface area (Å²) in [7, 11) is 0. The number of hydrogen-bond donors (Lipinski definition) is 2. The van der Waals surface area contributed by atoms with Gasteiger partial charge in [-0.3, -0.25) is 4.98 Å². The molecule has 0 saturated heterocycles. The zero-order chi connectivity index (χ0) is 13.1. The second-order valence-corrected chi connectivity index (χ2v) is 3.51. The van der Waals surface area contributed by atoms with Crippen LogP contribution in [0.4, 0.5) is 0 Å². The molecular weight excluding hydrogens is 230 g/mol. The lowest BCUT2D eigenvalue weighted by molar-refractivity contribution is 0.449. The Morgan fingerprint density at radius 1 is 1.06 bits per heavy atom. The zero-order valence-electron chi connectivity index (χ0n) is 9.12. The van der Waals surface area contributed by atoms with E-state index >= 15 is 0 Å². The van der Waals surface area contributed by atoms with Crippen molar-refractivity contribution in [2.24, 2.45) is 0 Å². The molecule has 5 nitrogen and oxygen atoms in total. The first-order chi connectivity index (χ1) is 8.69. The number of nitrogens with zero attached hydrogens (tertiary/aromatic N) is 3. The van der Waals surface area contributed by atoms with Crippen LogP contribution >= 0.6 is 0 Å². The van der Waals surface area contributed by atoms with Crippen LogP contribution in [0.2, 0.25) is 0 Å².